The lowest BCUT2D eigenvalue weighted by atomic mass is 9.95. The van der Waals surface area contributed by atoms with Gasteiger partial charge in [0.2, 0.25) is 35.4 Å². The van der Waals surface area contributed by atoms with Crippen LogP contribution in [0.2, 0.25) is 0 Å². The summed E-state index contributed by atoms with van der Waals surface area (Å²) in [6.45, 7) is 19.8. The first-order valence-corrected chi connectivity index (χ1v) is 26.6. The van der Waals surface area contributed by atoms with Gasteiger partial charge in [-0.2, -0.15) is 0 Å². The van der Waals surface area contributed by atoms with Crippen LogP contribution >= 0.6 is 0 Å². The Morgan fingerprint density at radius 3 is 1.70 bits per heavy atom. The second-order valence-corrected chi connectivity index (χ2v) is 23.3. The lowest BCUT2D eigenvalue weighted by Crippen LogP contribution is -2.60. The van der Waals surface area contributed by atoms with E-state index in [0.29, 0.717) is 16.7 Å². The molecule has 0 aliphatic carbocycles. The second kappa shape index (κ2) is 29.9. The summed E-state index contributed by atoms with van der Waals surface area (Å²) in [5.41, 5.74) is 4.00. The second-order valence-electron chi connectivity index (χ2n) is 23.3. The predicted octanol–water partition coefficient (Wildman–Crippen LogP) is 3.51. The SMILES string of the molecule is CC(C)(C)OC(=O)NCCC[C@@H]1NC(=O)[C@@H](NC(=O)OC(C)(C)C)Cc2cc(ccc2O)-c2cccc(c2)C[C@@H](C(=O)N[C@H](CCCNC(=O)OC(C)(C)C)C(=O)N[C@H](CCC(N)=O)C(=O)NCCNC(=O)OC(C)(C)C)NC1=O. The van der Waals surface area contributed by atoms with Crippen molar-refractivity contribution in [1.82, 2.24) is 47.9 Å². The molecule has 3 rings (SSSR count). The molecule has 0 spiro atoms. The van der Waals surface area contributed by atoms with Crippen LogP contribution in [0.15, 0.2) is 42.5 Å². The zero-order valence-electron chi connectivity index (χ0n) is 48.2. The predicted molar refractivity (Wildman–Crippen MR) is 294 cm³/mol. The number of nitrogens with two attached hydrogens (primary N) is 1. The number of alkyl carbamates (subject to hydrolysis) is 4. The Morgan fingerprint density at radius 1 is 0.600 bits per heavy atom. The van der Waals surface area contributed by atoms with Crippen molar-refractivity contribution in [3.8, 4) is 16.9 Å². The zero-order valence-corrected chi connectivity index (χ0v) is 48.2. The molecule has 1 aliphatic heterocycles. The van der Waals surface area contributed by atoms with Crippen LogP contribution in [0.3, 0.4) is 0 Å². The van der Waals surface area contributed by atoms with E-state index >= 15 is 0 Å². The average molecular weight is 1130 g/mol. The molecular formula is C55H84N10O15. The number of fused-ring (bicyclic) bond motifs is 5. The fraction of sp³-hybridized carbons (Fsp3) is 0.600. The molecule has 2 aromatic rings. The molecule has 444 valence electrons. The first kappa shape index (κ1) is 66.4. The largest absolute Gasteiger partial charge is 0.508 e. The number of hydrogen-bond acceptors (Lipinski definition) is 15. The Hall–Kier alpha value is -7.86. The number of benzene rings is 2. The third-order valence-electron chi connectivity index (χ3n) is 11.2. The quantitative estimate of drug-likeness (QED) is 0.0668. The van der Waals surface area contributed by atoms with Gasteiger partial charge in [0.1, 0.15) is 58.4 Å². The Kier molecular flexibility index (Phi) is 24.8. The molecular weight excluding hydrogens is 1040 g/mol. The van der Waals surface area contributed by atoms with E-state index in [1.165, 1.54) is 6.07 Å². The van der Waals surface area contributed by atoms with Crippen molar-refractivity contribution >= 4 is 59.8 Å². The molecule has 25 heteroatoms. The van der Waals surface area contributed by atoms with Gasteiger partial charge >= 0.3 is 24.4 Å². The van der Waals surface area contributed by atoms with Crippen molar-refractivity contribution in [1.29, 1.82) is 0 Å². The van der Waals surface area contributed by atoms with Gasteiger partial charge in [-0.3, -0.25) is 28.8 Å². The molecule has 0 aromatic heterocycles. The van der Waals surface area contributed by atoms with Gasteiger partial charge in [0, 0.05) is 45.4 Å². The van der Waals surface area contributed by atoms with Gasteiger partial charge < -0.3 is 77.6 Å². The summed E-state index contributed by atoms with van der Waals surface area (Å²) in [6, 6.07) is 4.40. The van der Waals surface area contributed by atoms with Gasteiger partial charge in [0.15, 0.2) is 0 Å². The topological polar surface area (TPSA) is 362 Å². The maximum absolute atomic E-state index is 14.9. The Balaban J connectivity index is 2.10. The van der Waals surface area contributed by atoms with E-state index in [0.717, 1.165) is 0 Å². The Bertz CT molecular complexity index is 2510. The Morgan fingerprint density at radius 2 is 1.12 bits per heavy atom. The number of nitrogens with one attached hydrogen (secondary N) is 9. The molecule has 25 nitrogen and oxygen atoms in total. The molecule has 5 atom stereocenters. The highest BCUT2D eigenvalue weighted by molar-refractivity contribution is 5.96. The fourth-order valence-electron chi connectivity index (χ4n) is 7.72. The minimum atomic E-state index is -1.49. The Labute approximate surface area is 467 Å². The zero-order chi connectivity index (χ0) is 60.2. The molecule has 80 heavy (non-hydrogen) atoms. The highest BCUT2D eigenvalue weighted by Gasteiger charge is 2.34. The summed E-state index contributed by atoms with van der Waals surface area (Å²) < 4.78 is 21.4. The summed E-state index contributed by atoms with van der Waals surface area (Å²) in [4.78, 5) is 135. The maximum atomic E-state index is 14.9. The van der Waals surface area contributed by atoms with Gasteiger partial charge in [-0.1, -0.05) is 30.3 Å². The maximum Gasteiger partial charge on any atom is 0.408 e. The number of phenols is 1. The van der Waals surface area contributed by atoms with E-state index in [1.54, 1.807) is 119 Å². The third kappa shape index (κ3) is 26.2. The third-order valence-corrected chi connectivity index (χ3v) is 11.2. The molecule has 0 radical (unpaired) electrons. The molecule has 1 aliphatic rings. The first-order chi connectivity index (χ1) is 37.1. The lowest BCUT2D eigenvalue weighted by molar-refractivity contribution is -0.135. The molecule has 1 heterocycles. The van der Waals surface area contributed by atoms with Crippen molar-refractivity contribution in [2.24, 2.45) is 5.73 Å². The standard InChI is InChI=1S/C55H84N10O15/c1-52(2,3)77-48(73)58-24-14-18-36(44(69)63-38(21-23-42(56)67)43(68)57-26-27-60-50(75)79-54(7,8)9)61-46(71)39-29-32-16-13-17-33(28-32)34-20-22-41(66)35(30-34)31-40(65-51(76)80-55(10,11)12)47(72)62-37(45(70)64-39)19-15-25-59-49(74)78-53(4,5)6/h13,16-17,20,22,28,30,36-40,66H,14-15,18-19,21,23-27,29,31H2,1-12H3,(H2,56,67)(H,57,68)(H,58,73)(H,59,74)(H,60,75)(H,61,71)(H,62,72)(H,63,69)(H,64,70)(H,65,76)/t36-,37+,38-,39+,40+/m1/s1. The van der Waals surface area contributed by atoms with E-state index in [4.69, 9.17) is 24.7 Å². The minimum absolute atomic E-state index is 0.0213. The summed E-state index contributed by atoms with van der Waals surface area (Å²) in [7, 11) is 0. The van der Waals surface area contributed by atoms with Crippen LogP contribution in [0.4, 0.5) is 19.2 Å². The van der Waals surface area contributed by atoms with Gasteiger partial charge in [0.25, 0.3) is 0 Å². The van der Waals surface area contributed by atoms with Crippen LogP contribution in [0.25, 0.3) is 11.1 Å². The summed E-state index contributed by atoms with van der Waals surface area (Å²) in [5.74, 6) is -5.27. The smallest absolute Gasteiger partial charge is 0.408 e. The van der Waals surface area contributed by atoms with Crippen LogP contribution in [-0.4, -0.2) is 144 Å². The molecule has 4 bridgehead atoms. The number of aromatic hydroxyl groups is 1. The molecule has 0 saturated heterocycles. The van der Waals surface area contributed by atoms with E-state index < -0.39 is 112 Å². The number of primary amides is 1. The van der Waals surface area contributed by atoms with Crippen molar-refractivity contribution in [2.45, 2.75) is 187 Å². The van der Waals surface area contributed by atoms with Gasteiger partial charge in [-0.05, 0) is 150 Å². The minimum Gasteiger partial charge on any atom is -0.508 e. The average Bonchev–Trinajstić information content (AvgIpc) is 3.31. The number of phenolic OH excluding ortho intramolecular Hbond substituents is 1. The van der Waals surface area contributed by atoms with Gasteiger partial charge in [-0.15, -0.1) is 0 Å². The van der Waals surface area contributed by atoms with Gasteiger partial charge in [0.05, 0.1) is 0 Å². The molecule has 12 N–H and O–H groups in total. The van der Waals surface area contributed by atoms with E-state index in [2.05, 4.69) is 47.9 Å². The summed E-state index contributed by atoms with van der Waals surface area (Å²) in [6.07, 6.45) is -4.41. The highest BCUT2D eigenvalue weighted by atomic mass is 16.6. The van der Waals surface area contributed by atoms with E-state index in [1.807, 2.05) is 0 Å². The summed E-state index contributed by atoms with van der Waals surface area (Å²) in [5, 5.41) is 34.7. The number of carbonyl (C=O) groups excluding carboxylic acids is 10. The van der Waals surface area contributed by atoms with E-state index in [9.17, 15) is 53.1 Å². The number of amides is 10. The number of rotatable bonds is 20. The molecule has 0 unspecified atom stereocenters. The number of ether oxygens (including phenoxy) is 4. The van der Waals surface area contributed by atoms with Crippen molar-refractivity contribution in [3.63, 3.8) is 0 Å². The first-order valence-electron chi connectivity index (χ1n) is 26.6. The van der Waals surface area contributed by atoms with Crippen molar-refractivity contribution in [3.05, 3.63) is 53.6 Å². The molecule has 2 aromatic carbocycles. The summed E-state index contributed by atoms with van der Waals surface area (Å²) >= 11 is 0. The molecule has 0 fully saturated rings. The van der Waals surface area contributed by atoms with Gasteiger partial charge in [-0.25, -0.2) is 19.2 Å². The number of carbonyl (C=O) groups is 10. The number of hydrogen-bond donors (Lipinski definition) is 11. The fourth-order valence-corrected chi connectivity index (χ4v) is 7.72. The van der Waals surface area contributed by atoms with E-state index in [-0.39, 0.29) is 88.9 Å². The lowest BCUT2D eigenvalue weighted by Gasteiger charge is -2.28. The van der Waals surface area contributed by atoms with Crippen LogP contribution in [-0.2, 0) is 60.6 Å². The van der Waals surface area contributed by atoms with Crippen LogP contribution in [0.1, 0.15) is 133 Å². The van der Waals surface area contributed by atoms with Crippen molar-refractivity contribution in [2.75, 3.05) is 26.2 Å². The monoisotopic (exact) mass is 1120 g/mol. The van der Waals surface area contributed by atoms with Crippen LogP contribution in [0, 0.1) is 0 Å². The van der Waals surface area contributed by atoms with Crippen molar-refractivity contribution < 1.29 is 72.0 Å². The van der Waals surface area contributed by atoms with Crippen LogP contribution < -0.4 is 53.6 Å². The molecule has 0 saturated carbocycles. The normalized spacial score (nSPS) is 16.7. The molecule has 10 amide bonds. The highest BCUT2D eigenvalue weighted by Crippen LogP contribution is 2.29. The van der Waals surface area contributed by atoms with Crippen LogP contribution in [0.5, 0.6) is 5.75 Å².